The number of benzene rings is 1. The Balaban J connectivity index is 2.09. The Bertz CT molecular complexity index is 577. The van der Waals surface area contributed by atoms with E-state index in [1.165, 1.54) is 19.2 Å². The van der Waals surface area contributed by atoms with Crippen molar-refractivity contribution in [1.29, 1.82) is 0 Å². The molecule has 8 nitrogen and oxygen atoms in total. The lowest BCUT2D eigenvalue weighted by atomic mass is 10.1. The van der Waals surface area contributed by atoms with Gasteiger partial charge in [-0.1, -0.05) is 0 Å². The third-order valence-electron chi connectivity index (χ3n) is 3.58. The van der Waals surface area contributed by atoms with Gasteiger partial charge < -0.3 is 19.3 Å². The Kier molecular flexibility index (Phi) is 5.64. The van der Waals surface area contributed by atoms with Gasteiger partial charge in [-0.3, -0.25) is 10.2 Å². The van der Waals surface area contributed by atoms with Crippen molar-refractivity contribution >= 4 is 12.1 Å². The van der Waals surface area contributed by atoms with Gasteiger partial charge in [-0.15, -0.1) is 0 Å². The smallest absolute Gasteiger partial charge is 0.493 e. The highest BCUT2D eigenvalue weighted by atomic mass is 16.7. The molecule has 23 heavy (non-hydrogen) atoms. The van der Waals surface area contributed by atoms with Crippen LogP contribution in [-0.2, 0) is 4.74 Å². The molecule has 2 N–H and O–H groups in total. The summed E-state index contributed by atoms with van der Waals surface area (Å²) in [4.78, 5) is 23.1. The Morgan fingerprint density at radius 3 is 2.61 bits per heavy atom. The number of nitrogens with one attached hydrogen (secondary N) is 1. The van der Waals surface area contributed by atoms with Crippen LogP contribution in [0.15, 0.2) is 18.2 Å². The van der Waals surface area contributed by atoms with E-state index in [2.05, 4.69) is 5.43 Å². The van der Waals surface area contributed by atoms with Crippen molar-refractivity contribution in [2.24, 2.45) is 0 Å². The van der Waals surface area contributed by atoms with E-state index < -0.39 is 12.4 Å². The predicted molar refractivity (Wildman–Crippen MR) is 80.5 cm³/mol. The molecule has 126 valence electrons. The minimum atomic E-state index is -1.36. The van der Waals surface area contributed by atoms with Gasteiger partial charge in [-0.25, -0.2) is 4.79 Å². The molecule has 1 aromatic rings. The van der Waals surface area contributed by atoms with E-state index in [-0.39, 0.29) is 5.91 Å². The fourth-order valence-electron chi connectivity index (χ4n) is 2.44. The lowest BCUT2D eigenvalue weighted by molar-refractivity contribution is -0.0742. The van der Waals surface area contributed by atoms with Crippen molar-refractivity contribution in [3.05, 3.63) is 23.8 Å². The summed E-state index contributed by atoms with van der Waals surface area (Å²) in [5.41, 5.74) is 3.07. The van der Waals surface area contributed by atoms with E-state index in [0.29, 0.717) is 30.0 Å². The molecular weight excluding hydrogens is 304 g/mol. The highest BCUT2D eigenvalue weighted by Crippen LogP contribution is 2.27. The van der Waals surface area contributed by atoms with Crippen LogP contribution in [0, 0.1) is 0 Å². The molecule has 8 heteroatoms. The van der Waals surface area contributed by atoms with Gasteiger partial charge in [-0.2, -0.15) is 5.01 Å². The number of hydrogen-bond donors (Lipinski definition) is 2. The number of methoxy groups -OCH3 is 2. The zero-order valence-electron chi connectivity index (χ0n) is 13.1. The third kappa shape index (κ3) is 4.26. The van der Waals surface area contributed by atoms with Crippen molar-refractivity contribution in [2.45, 2.75) is 25.5 Å². The summed E-state index contributed by atoms with van der Waals surface area (Å²) in [5, 5.41) is 10.3. The fourth-order valence-corrected chi connectivity index (χ4v) is 2.44. The number of amides is 1. The number of nitrogens with zero attached hydrogens (tertiary/aromatic N) is 1. The summed E-state index contributed by atoms with van der Waals surface area (Å²) in [5.74, 6) is 0.595. The van der Waals surface area contributed by atoms with Crippen LogP contribution in [0.2, 0.25) is 0 Å². The number of ether oxygens (including phenoxy) is 3. The maximum atomic E-state index is 12.4. The van der Waals surface area contributed by atoms with Gasteiger partial charge in [0.1, 0.15) is 0 Å². The normalized spacial score (nSPS) is 18.1. The second-order valence-electron chi connectivity index (χ2n) is 5.04. The first kappa shape index (κ1) is 16.9. The van der Waals surface area contributed by atoms with Crippen LogP contribution < -0.4 is 14.9 Å². The lowest BCUT2D eigenvalue weighted by Gasteiger charge is -2.33. The molecule has 1 aliphatic heterocycles. The first-order valence-electron chi connectivity index (χ1n) is 7.24. The molecule has 0 aliphatic carbocycles. The summed E-state index contributed by atoms with van der Waals surface area (Å²) in [7, 11) is 3.00. The average Bonchev–Trinajstić information content (AvgIpc) is 2.55. The molecule has 0 radical (unpaired) electrons. The van der Waals surface area contributed by atoms with E-state index in [1.807, 2.05) is 0 Å². The molecule has 1 amide bonds. The van der Waals surface area contributed by atoms with Gasteiger partial charge in [0.25, 0.3) is 5.91 Å². The number of hydrogen-bond acceptors (Lipinski definition) is 6. The van der Waals surface area contributed by atoms with Crippen LogP contribution in [0.5, 0.6) is 11.5 Å². The summed E-state index contributed by atoms with van der Waals surface area (Å²) in [6.07, 6.45) is 0.206. The number of carboxylic acid groups (broad SMARTS) is 1. The van der Waals surface area contributed by atoms with Crippen molar-refractivity contribution in [2.75, 3.05) is 20.8 Å². The summed E-state index contributed by atoms with van der Waals surface area (Å²) < 4.78 is 15.1. The first-order valence-corrected chi connectivity index (χ1v) is 7.24. The molecule has 2 rings (SSSR count). The van der Waals surface area contributed by atoms with Crippen LogP contribution in [0.1, 0.15) is 29.6 Å². The third-order valence-corrected chi connectivity index (χ3v) is 3.58. The molecule has 1 fully saturated rings. The standard InChI is InChI=1S/C15H20N2O6/c1-21-11-7-6-10(9-12(11)22-2)14(18)16-17-8-4-3-5-13(17)23-15(19)20/h6-7,9,13H,3-5,8H2,1-2H3,(H,16,18)(H,19,20). The van der Waals surface area contributed by atoms with Crippen LogP contribution in [-0.4, -0.2) is 49.2 Å². The van der Waals surface area contributed by atoms with Crippen molar-refractivity contribution in [3.8, 4) is 11.5 Å². The van der Waals surface area contributed by atoms with Crippen LogP contribution in [0.3, 0.4) is 0 Å². The van der Waals surface area contributed by atoms with Gasteiger partial charge in [0.05, 0.1) is 14.2 Å². The second kappa shape index (κ2) is 7.68. The number of carbonyl (C=O) groups excluding carboxylic acids is 1. The number of rotatable bonds is 5. The van der Waals surface area contributed by atoms with E-state index in [9.17, 15) is 9.59 Å². The molecule has 1 atom stereocenters. The molecule has 1 aromatic carbocycles. The Morgan fingerprint density at radius 1 is 1.22 bits per heavy atom. The number of hydrazine groups is 1. The van der Waals surface area contributed by atoms with E-state index in [4.69, 9.17) is 19.3 Å². The number of piperidine rings is 1. The molecule has 1 saturated heterocycles. The summed E-state index contributed by atoms with van der Waals surface area (Å²) in [6, 6.07) is 4.80. The molecule has 0 spiro atoms. The fraction of sp³-hybridized carbons (Fsp3) is 0.467. The maximum Gasteiger partial charge on any atom is 0.507 e. The zero-order valence-corrected chi connectivity index (χ0v) is 13.1. The zero-order chi connectivity index (χ0) is 16.8. The highest BCUT2D eigenvalue weighted by molar-refractivity contribution is 5.94. The Morgan fingerprint density at radius 2 is 1.96 bits per heavy atom. The van der Waals surface area contributed by atoms with Crippen LogP contribution in [0.25, 0.3) is 0 Å². The Labute approximate surface area is 133 Å². The molecule has 0 aromatic heterocycles. The first-order chi connectivity index (χ1) is 11.0. The van der Waals surface area contributed by atoms with Gasteiger partial charge in [0, 0.05) is 18.5 Å². The monoisotopic (exact) mass is 324 g/mol. The van der Waals surface area contributed by atoms with Crippen molar-refractivity contribution in [1.82, 2.24) is 10.4 Å². The topological polar surface area (TPSA) is 97.3 Å². The van der Waals surface area contributed by atoms with Crippen molar-refractivity contribution < 1.29 is 28.9 Å². The summed E-state index contributed by atoms with van der Waals surface area (Å²) >= 11 is 0. The van der Waals surface area contributed by atoms with Gasteiger partial charge in [0.15, 0.2) is 17.7 Å². The predicted octanol–water partition coefficient (Wildman–Crippen LogP) is 1.86. The Hall–Kier alpha value is -2.48. The lowest BCUT2D eigenvalue weighted by Crippen LogP contribution is -2.52. The van der Waals surface area contributed by atoms with Crippen LogP contribution in [0.4, 0.5) is 4.79 Å². The largest absolute Gasteiger partial charge is 0.507 e. The maximum absolute atomic E-state index is 12.4. The van der Waals surface area contributed by atoms with E-state index in [0.717, 1.165) is 12.8 Å². The number of carbonyl (C=O) groups is 2. The van der Waals surface area contributed by atoms with Gasteiger partial charge >= 0.3 is 6.16 Å². The van der Waals surface area contributed by atoms with E-state index in [1.54, 1.807) is 18.2 Å². The quantitative estimate of drug-likeness (QED) is 0.798. The average molecular weight is 324 g/mol. The minimum Gasteiger partial charge on any atom is -0.493 e. The van der Waals surface area contributed by atoms with Gasteiger partial charge in [-0.05, 0) is 31.0 Å². The molecule has 1 aliphatic rings. The molecule has 1 unspecified atom stereocenters. The molecule has 0 bridgehead atoms. The van der Waals surface area contributed by atoms with Gasteiger partial charge in [0.2, 0.25) is 0 Å². The van der Waals surface area contributed by atoms with Crippen molar-refractivity contribution in [3.63, 3.8) is 0 Å². The summed E-state index contributed by atoms with van der Waals surface area (Å²) in [6.45, 7) is 0.525. The molecular formula is C15H20N2O6. The van der Waals surface area contributed by atoms with Crippen LogP contribution >= 0.6 is 0 Å². The minimum absolute atomic E-state index is 0.369. The SMILES string of the molecule is COc1ccc(C(=O)NN2CCCCC2OC(=O)O)cc1OC. The second-order valence-corrected chi connectivity index (χ2v) is 5.04. The van der Waals surface area contributed by atoms with E-state index >= 15 is 0 Å². The molecule has 1 heterocycles. The molecule has 0 saturated carbocycles. The highest BCUT2D eigenvalue weighted by Gasteiger charge is 2.27.